The van der Waals surface area contributed by atoms with Crippen LogP contribution in [0.5, 0.6) is 0 Å². The maximum absolute atomic E-state index is 9.40. The fourth-order valence-corrected chi connectivity index (χ4v) is 8.88. The first-order valence-electron chi connectivity index (χ1n) is 23.2. The van der Waals surface area contributed by atoms with Crippen molar-refractivity contribution in [2.45, 2.75) is 162 Å². The highest BCUT2D eigenvalue weighted by molar-refractivity contribution is 5.48. The summed E-state index contributed by atoms with van der Waals surface area (Å²) in [5.74, 6) is 16.0. The van der Waals surface area contributed by atoms with E-state index in [1.165, 1.54) is 119 Å². The average molecular weight is 781 g/mol. The summed E-state index contributed by atoms with van der Waals surface area (Å²) in [6.07, 6.45) is 22.5. The topological polar surface area (TPSA) is 47.6 Å². The number of unbranched alkanes of at least 4 members (excludes halogenated alkanes) is 3. The zero-order chi connectivity index (χ0) is 41.7. The molecule has 6 rings (SSSR count). The van der Waals surface area contributed by atoms with Crippen LogP contribution in [0.15, 0.2) is 84.9 Å². The van der Waals surface area contributed by atoms with Gasteiger partial charge in [0.15, 0.2) is 0 Å². The molecule has 0 radical (unpaired) electrons. The van der Waals surface area contributed by atoms with Gasteiger partial charge in [0, 0.05) is 23.0 Å². The third-order valence-electron chi connectivity index (χ3n) is 12.6. The molecular weight excluding hydrogens is 713 g/mol. The van der Waals surface area contributed by atoms with E-state index >= 15 is 0 Å². The summed E-state index contributed by atoms with van der Waals surface area (Å²) in [5, 5.41) is 18.8. The number of benzene rings is 4. The lowest BCUT2D eigenvalue weighted by molar-refractivity contribution is 0.384. The van der Waals surface area contributed by atoms with Crippen LogP contribution in [0.3, 0.4) is 0 Å². The molecule has 0 spiro atoms. The van der Waals surface area contributed by atoms with Crippen LogP contribution in [0.25, 0.3) is 0 Å². The third-order valence-corrected chi connectivity index (χ3v) is 12.6. The molecule has 0 N–H and O–H groups in total. The van der Waals surface area contributed by atoms with Gasteiger partial charge in [-0.3, -0.25) is 0 Å². The zero-order valence-corrected chi connectivity index (χ0v) is 36.7. The van der Waals surface area contributed by atoms with E-state index in [9.17, 15) is 10.5 Å². The molecule has 306 valence electrons. The molecule has 2 aliphatic rings. The number of hydrogen-bond donors (Lipinski definition) is 0. The van der Waals surface area contributed by atoms with Crippen LogP contribution in [0, 0.1) is 58.2 Å². The molecule has 4 aromatic carbocycles. The minimum atomic E-state index is 0.482. The Labute approximate surface area is 358 Å². The highest BCUT2D eigenvalue weighted by atomic mass is 14.3. The summed E-state index contributed by atoms with van der Waals surface area (Å²) in [6, 6.07) is 35.6. The van der Waals surface area contributed by atoms with E-state index in [2.05, 4.69) is 136 Å². The second kappa shape index (κ2) is 24.8. The van der Waals surface area contributed by atoms with E-state index in [0.717, 1.165) is 59.1 Å². The van der Waals surface area contributed by atoms with Crippen LogP contribution in [-0.2, 0) is 25.7 Å². The van der Waals surface area contributed by atoms with Gasteiger partial charge < -0.3 is 0 Å². The fraction of sp³-hybridized carbons (Fsp3) is 0.474. The van der Waals surface area contributed by atoms with Crippen molar-refractivity contribution in [1.82, 2.24) is 0 Å². The molecule has 2 heteroatoms. The van der Waals surface area contributed by atoms with Gasteiger partial charge >= 0.3 is 0 Å². The Morgan fingerprint density at radius 2 is 0.847 bits per heavy atom. The normalized spacial score (nSPS) is 18.4. The predicted molar refractivity (Wildman–Crippen MR) is 248 cm³/mol. The van der Waals surface area contributed by atoms with E-state index in [4.69, 9.17) is 0 Å². The van der Waals surface area contributed by atoms with Gasteiger partial charge in [-0.05, 0) is 159 Å². The van der Waals surface area contributed by atoms with Crippen molar-refractivity contribution in [1.29, 1.82) is 10.5 Å². The highest BCUT2D eigenvalue weighted by Crippen LogP contribution is 2.37. The lowest BCUT2D eigenvalue weighted by atomic mass is 9.78. The molecule has 2 saturated carbocycles. The number of aryl methyl sites for hydroxylation is 4. The summed E-state index contributed by atoms with van der Waals surface area (Å²) in [4.78, 5) is 0. The summed E-state index contributed by atoms with van der Waals surface area (Å²) in [7, 11) is 0. The molecule has 2 nitrogen and oxygen atoms in total. The van der Waals surface area contributed by atoms with Crippen molar-refractivity contribution in [2.75, 3.05) is 0 Å². The van der Waals surface area contributed by atoms with Crippen molar-refractivity contribution in [3.05, 3.63) is 141 Å². The molecule has 0 saturated heterocycles. The Kier molecular flexibility index (Phi) is 18.9. The lowest BCUT2D eigenvalue weighted by Gasteiger charge is -2.26. The van der Waals surface area contributed by atoms with Crippen molar-refractivity contribution in [3.63, 3.8) is 0 Å². The van der Waals surface area contributed by atoms with Gasteiger partial charge in [0.25, 0.3) is 0 Å². The Morgan fingerprint density at radius 1 is 0.441 bits per heavy atom. The maximum Gasteiger partial charge on any atom is 0.0994 e. The standard InChI is InChI=1S/C29H35N.C28H33N/c1-3-5-6-8-23-11-16-27(17-12-23)28-18-13-24(14-19-28)9-10-25-15-20-26(7-4-2)29(21-25)22-30;1-3-5-7-22-10-15-26(16-11-22)27-17-12-23(13-18-27)8-9-24-14-19-25(6-4-2)28(20-24)21-29/h11-12,15-17,20-21,24,28H,3-8,13-14,18-19H2,1-2H3;10-11,14-16,19-20,23,27H,3-7,12-13,17-18H2,1-2H3/t24-,28-;23-,27-. The smallest absolute Gasteiger partial charge is 0.0994 e. The number of hydrogen-bond acceptors (Lipinski definition) is 2. The second-order valence-electron chi connectivity index (χ2n) is 17.1. The first-order valence-corrected chi connectivity index (χ1v) is 23.2. The minimum absolute atomic E-state index is 0.482. The Morgan fingerprint density at radius 3 is 1.22 bits per heavy atom. The Hall–Kier alpha value is -5.02. The molecule has 0 aliphatic heterocycles. The Bertz CT molecular complexity index is 2080. The minimum Gasteiger partial charge on any atom is -0.192 e. The van der Waals surface area contributed by atoms with E-state index in [-0.39, 0.29) is 0 Å². The molecule has 0 heterocycles. The molecule has 0 aromatic heterocycles. The number of nitriles is 2. The Balaban J connectivity index is 0.000000224. The number of nitrogens with zero attached hydrogens (tertiary/aromatic N) is 2. The van der Waals surface area contributed by atoms with Gasteiger partial charge in [-0.15, -0.1) is 0 Å². The van der Waals surface area contributed by atoms with Gasteiger partial charge in [0.2, 0.25) is 0 Å². The molecule has 2 aliphatic carbocycles. The summed E-state index contributed by atoms with van der Waals surface area (Å²) < 4.78 is 0. The van der Waals surface area contributed by atoms with Crippen LogP contribution in [-0.4, -0.2) is 0 Å². The van der Waals surface area contributed by atoms with Crippen molar-refractivity contribution < 1.29 is 0 Å². The molecule has 4 aromatic rings. The molecule has 0 atom stereocenters. The molecule has 0 amide bonds. The summed E-state index contributed by atoms with van der Waals surface area (Å²) in [6.45, 7) is 8.80. The zero-order valence-electron chi connectivity index (χ0n) is 36.7. The number of rotatable bonds is 13. The van der Waals surface area contributed by atoms with Crippen molar-refractivity contribution in [3.8, 4) is 35.8 Å². The van der Waals surface area contributed by atoms with Gasteiger partial charge in [0.1, 0.15) is 0 Å². The van der Waals surface area contributed by atoms with Crippen molar-refractivity contribution in [2.24, 2.45) is 11.8 Å². The first kappa shape index (κ1) is 45.1. The van der Waals surface area contributed by atoms with Crippen LogP contribution >= 0.6 is 0 Å². The molecular formula is C57H68N2. The molecule has 2 fully saturated rings. The van der Waals surface area contributed by atoms with E-state index in [0.29, 0.717) is 23.7 Å². The maximum atomic E-state index is 9.40. The quantitative estimate of drug-likeness (QED) is 0.100. The van der Waals surface area contributed by atoms with Crippen LogP contribution in [0.2, 0.25) is 0 Å². The van der Waals surface area contributed by atoms with E-state index in [1.54, 1.807) is 0 Å². The van der Waals surface area contributed by atoms with Crippen LogP contribution in [0.1, 0.15) is 191 Å². The summed E-state index contributed by atoms with van der Waals surface area (Å²) >= 11 is 0. The largest absolute Gasteiger partial charge is 0.192 e. The molecule has 59 heavy (non-hydrogen) atoms. The fourth-order valence-electron chi connectivity index (χ4n) is 8.88. The van der Waals surface area contributed by atoms with Crippen molar-refractivity contribution >= 4 is 0 Å². The van der Waals surface area contributed by atoms with E-state index < -0.39 is 0 Å². The van der Waals surface area contributed by atoms with Gasteiger partial charge in [-0.2, -0.15) is 10.5 Å². The average Bonchev–Trinajstić information content (AvgIpc) is 3.29. The third kappa shape index (κ3) is 14.3. The SMILES string of the molecule is CCCCCc1ccc([C@H]2CC[C@H](C#Cc3ccc(CCC)c(C#N)c3)CC2)cc1.CCCCc1ccc([C@H]2CC[C@H](C#Cc3ccc(CCC)c(C#N)c3)CC2)cc1. The van der Waals surface area contributed by atoms with Gasteiger partial charge in [0.05, 0.1) is 23.3 Å². The molecule has 0 unspecified atom stereocenters. The van der Waals surface area contributed by atoms with Crippen LogP contribution < -0.4 is 0 Å². The monoisotopic (exact) mass is 781 g/mol. The first-order chi connectivity index (χ1) is 29.0. The van der Waals surface area contributed by atoms with E-state index in [1.807, 2.05) is 12.1 Å². The predicted octanol–water partition coefficient (Wildman–Crippen LogP) is 14.7. The summed E-state index contributed by atoms with van der Waals surface area (Å²) in [5.41, 5.74) is 11.8. The van der Waals surface area contributed by atoms with Gasteiger partial charge in [-0.25, -0.2) is 0 Å². The van der Waals surface area contributed by atoms with Gasteiger partial charge in [-0.1, -0.05) is 144 Å². The lowest BCUT2D eigenvalue weighted by Crippen LogP contribution is -2.12. The molecule has 0 bridgehead atoms. The second-order valence-corrected chi connectivity index (χ2v) is 17.1. The van der Waals surface area contributed by atoms with Crippen LogP contribution in [0.4, 0.5) is 0 Å². The highest BCUT2D eigenvalue weighted by Gasteiger charge is 2.22.